The molecule has 0 atom stereocenters. The molecule has 1 aromatic rings. The van der Waals surface area contributed by atoms with Crippen LogP contribution in [0.5, 0.6) is 0 Å². The highest BCUT2D eigenvalue weighted by Crippen LogP contribution is 2.22. The molecule has 0 N–H and O–H groups in total. The highest BCUT2D eigenvalue weighted by atomic mass is 32.2. The zero-order chi connectivity index (χ0) is 9.68. The molecule has 0 aliphatic carbocycles. The van der Waals surface area contributed by atoms with Crippen LogP contribution in [-0.4, -0.2) is 5.25 Å². The van der Waals surface area contributed by atoms with Crippen molar-refractivity contribution in [3.8, 4) is 0 Å². The molecule has 1 aromatic carbocycles. The van der Waals surface area contributed by atoms with Gasteiger partial charge in [-0.05, 0) is 24.1 Å². The fraction of sp³-hybridized carbons (Fsp3) is 0.333. The maximum atomic E-state index is 3.72. The summed E-state index contributed by atoms with van der Waals surface area (Å²) in [5, 5.41) is 0.658. The van der Waals surface area contributed by atoms with Crippen LogP contribution < -0.4 is 0 Å². The molecule has 0 nitrogen and oxygen atoms in total. The van der Waals surface area contributed by atoms with Gasteiger partial charge >= 0.3 is 0 Å². The van der Waals surface area contributed by atoms with Crippen LogP contribution in [0.25, 0.3) is 0 Å². The van der Waals surface area contributed by atoms with Crippen molar-refractivity contribution in [2.75, 3.05) is 0 Å². The van der Waals surface area contributed by atoms with E-state index in [0.29, 0.717) is 5.25 Å². The maximum absolute atomic E-state index is 3.72. The van der Waals surface area contributed by atoms with Crippen LogP contribution in [-0.2, 0) is 6.42 Å². The molecule has 0 aliphatic rings. The SMILES string of the molecule is C=CCc1ccc(SC(C)C)cc1. The topological polar surface area (TPSA) is 0 Å². The Hall–Kier alpha value is -0.690. The molecule has 0 spiro atoms. The largest absolute Gasteiger partial charge is 0.123 e. The van der Waals surface area contributed by atoms with E-state index < -0.39 is 0 Å². The van der Waals surface area contributed by atoms with Gasteiger partial charge in [-0.15, -0.1) is 18.3 Å². The highest BCUT2D eigenvalue weighted by Gasteiger charge is 1.97. The van der Waals surface area contributed by atoms with E-state index in [-0.39, 0.29) is 0 Å². The molecule has 70 valence electrons. The molecule has 0 saturated carbocycles. The Morgan fingerprint density at radius 3 is 2.38 bits per heavy atom. The molecule has 0 amide bonds. The molecule has 0 aliphatic heterocycles. The summed E-state index contributed by atoms with van der Waals surface area (Å²) in [4.78, 5) is 1.35. The molecular formula is C12H16S. The smallest absolute Gasteiger partial charge is 0.00747 e. The normalized spacial score (nSPS) is 10.4. The van der Waals surface area contributed by atoms with Crippen LogP contribution in [0.4, 0.5) is 0 Å². The van der Waals surface area contributed by atoms with Gasteiger partial charge in [0.05, 0.1) is 0 Å². The third-order valence-electron chi connectivity index (χ3n) is 1.68. The van der Waals surface area contributed by atoms with Crippen molar-refractivity contribution < 1.29 is 0 Å². The lowest BCUT2D eigenvalue weighted by Gasteiger charge is -2.04. The third kappa shape index (κ3) is 3.69. The first kappa shape index (κ1) is 10.4. The van der Waals surface area contributed by atoms with Gasteiger partial charge in [0.25, 0.3) is 0 Å². The molecule has 0 saturated heterocycles. The summed E-state index contributed by atoms with van der Waals surface area (Å²) in [5.41, 5.74) is 1.34. The van der Waals surface area contributed by atoms with E-state index in [1.807, 2.05) is 17.8 Å². The van der Waals surface area contributed by atoms with E-state index in [9.17, 15) is 0 Å². The zero-order valence-electron chi connectivity index (χ0n) is 8.29. The monoisotopic (exact) mass is 192 g/mol. The van der Waals surface area contributed by atoms with Gasteiger partial charge < -0.3 is 0 Å². The number of allylic oxidation sites excluding steroid dienone is 1. The summed E-state index contributed by atoms with van der Waals surface area (Å²) in [6.45, 7) is 8.14. The maximum Gasteiger partial charge on any atom is 0.00747 e. The molecule has 13 heavy (non-hydrogen) atoms. The Balaban J connectivity index is 2.63. The quantitative estimate of drug-likeness (QED) is 0.515. The minimum Gasteiger partial charge on any atom is -0.123 e. The van der Waals surface area contributed by atoms with Crippen molar-refractivity contribution in [1.29, 1.82) is 0 Å². The first-order valence-corrected chi connectivity index (χ1v) is 5.47. The summed E-state index contributed by atoms with van der Waals surface area (Å²) in [6.07, 6.45) is 2.90. The minimum atomic E-state index is 0.658. The fourth-order valence-electron chi connectivity index (χ4n) is 1.14. The number of benzene rings is 1. The molecule has 0 fully saturated rings. The zero-order valence-corrected chi connectivity index (χ0v) is 9.10. The Labute approximate surface area is 85.1 Å². The van der Waals surface area contributed by atoms with Gasteiger partial charge in [0.15, 0.2) is 0 Å². The number of hydrogen-bond acceptors (Lipinski definition) is 1. The number of hydrogen-bond donors (Lipinski definition) is 0. The van der Waals surface area contributed by atoms with Gasteiger partial charge in [0, 0.05) is 10.1 Å². The molecular weight excluding hydrogens is 176 g/mol. The number of rotatable bonds is 4. The van der Waals surface area contributed by atoms with Crippen molar-refractivity contribution in [1.82, 2.24) is 0 Å². The summed E-state index contributed by atoms with van der Waals surface area (Å²) in [6, 6.07) is 8.71. The first-order chi connectivity index (χ1) is 6.22. The lowest BCUT2D eigenvalue weighted by atomic mass is 10.2. The van der Waals surface area contributed by atoms with Gasteiger partial charge in [0.2, 0.25) is 0 Å². The average molecular weight is 192 g/mol. The van der Waals surface area contributed by atoms with Gasteiger partial charge in [-0.1, -0.05) is 32.1 Å². The molecule has 0 heterocycles. The lowest BCUT2D eigenvalue weighted by Crippen LogP contribution is -1.86. The van der Waals surface area contributed by atoms with Gasteiger partial charge in [-0.2, -0.15) is 0 Å². The third-order valence-corrected chi connectivity index (χ3v) is 2.69. The van der Waals surface area contributed by atoms with Crippen molar-refractivity contribution in [2.45, 2.75) is 30.4 Å². The highest BCUT2D eigenvalue weighted by molar-refractivity contribution is 7.99. The minimum absolute atomic E-state index is 0.658. The number of thioether (sulfide) groups is 1. The van der Waals surface area contributed by atoms with Crippen LogP contribution in [0, 0.1) is 0 Å². The van der Waals surface area contributed by atoms with Crippen LogP contribution in [0.1, 0.15) is 19.4 Å². The first-order valence-electron chi connectivity index (χ1n) is 4.59. The van der Waals surface area contributed by atoms with E-state index >= 15 is 0 Å². The molecule has 1 rings (SSSR count). The van der Waals surface area contributed by atoms with E-state index in [1.165, 1.54) is 10.5 Å². The van der Waals surface area contributed by atoms with E-state index in [1.54, 1.807) is 0 Å². The standard InChI is InChI=1S/C12H16S/c1-4-5-11-6-8-12(9-7-11)13-10(2)3/h4,6-10H,1,5H2,2-3H3. The van der Waals surface area contributed by atoms with Crippen molar-refractivity contribution >= 4 is 11.8 Å². The van der Waals surface area contributed by atoms with E-state index in [2.05, 4.69) is 44.7 Å². The molecule has 0 aromatic heterocycles. The predicted octanol–water partition coefficient (Wildman–Crippen LogP) is 3.92. The second kappa shape index (κ2) is 5.13. The Morgan fingerprint density at radius 2 is 1.92 bits per heavy atom. The van der Waals surface area contributed by atoms with Gasteiger partial charge in [-0.3, -0.25) is 0 Å². The van der Waals surface area contributed by atoms with E-state index in [0.717, 1.165) is 6.42 Å². The predicted molar refractivity (Wildman–Crippen MR) is 61.3 cm³/mol. The lowest BCUT2D eigenvalue weighted by molar-refractivity contribution is 1.11. The van der Waals surface area contributed by atoms with Gasteiger partial charge in [-0.25, -0.2) is 0 Å². The summed E-state index contributed by atoms with van der Waals surface area (Å²) in [7, 11) is 0. The van der Waals surface area contributed by atoms with Crippen molar-refractivity contribution in [2.24, 2.45) is 0 Å². The molecule has 1 heteroatoms. The van der Waals surface area contributed by atoms with Crippen molar-refractivity contribution in [3.05, 3.63) is 42.5 Å². The van der Waals surface area contributed by atoms with Crippen LogP contribution in [0.15, 0.2) is 41.8 Å². The molecule has 0 unspecified atom stereocenters. The van der Waals surface area contributed by atoms with Gasteiger partial charge in [0.1, 0.15) is 0 Å². The van der Waals surface area contributed by atoms with Crippen molar-refractivity contribution in [3.63, 3.8) is 0 Å². The second-order valence-electron chi connectivity index (χ2n) is 3.30. The Kier molecular flexibility index (Phi) is 4.10. The Morgan fingerprint density at radius 1 is 1.31 bits per heavy atom. The molecule has 0 radical (unpaired) electrons. The van der Waals surface area contributed by atoms with Crippen LogP contribution >= 0.6 is 11.8 Å². The summed E-state index contributed by atoms with van der Waals surface area (Å²) in [5.74, 6) is 0. The van der Waals surface area contributed by atoms with Crippen LogP contribution in [0.3, 0.4) is 0 Å². The van der Waals surface area contributed by atoms with Crippen LogP contribution in [0.2, 0.25) is 0 Å². The molecule has 0 bridgehead atoms. The fourth-order valence-corrected chi connectivity index (χ4v) is 1.98. The summed E-state index contributed by atoms with van der Waals surface area (Å²) >= 11 is 1.90. The second-order valence-corrected chi connectivity index (χ2v) is 4.95. The Bertz CT molecular complexity index is 259. The summed E-state index contributed by atoms with van der Waals surface area (Å²) < 4.78 is 0. The van der Waals surface area contributed by atoms with E-state index in [4.69, 9.17) is 0 Å². The average Bonchev–Trinajstić information content (AvgIpc) is 2.08.